The summed E-state index contributed by atoms with van der Waals surface area (Å²) in [6.07, 6.45) is 2.67. The average Bonchev–Trinajstić information content (AvgIpc) is 2.81. The second kappa shape index (κ2) is 11.8. The predicted octanol–water partition coefficient (Wildman–Crippen LogP) is 4.58. The summed E-state index contributed by atoms with van der Waals surface area (Å²) in [6.45, 7) is 4.20. The van der Waals surface area contributed by atoms with Gasteiger partial charge in [0.05, 0.1) is 0 Å². The minimum atomic E-state index is -0.789. The van der Waals surface area contributed by atoms with Crippen LogP contribution in [0.2, 0.25) is 5.02 Å². The fourth-order valence-corrected chi connectivity index (χ4v) is 4.06. The van der Waals surface area contributed by atoms with Gasteiger partial charge in [0, 0.05) is 29.4 Å². The number of nitrogens with one attached hydrogen (secondary N) is 2. The lowest BCUT2D eigenvalue weighted by molar-refractivity contribution is -0.129. The van der Waals surface area contributed by atoms with Gasteiger partial charge in [-0.2, -0.15) is 0 Å². The first kappa shape index (κ1) is 24.7. The zero-order valence-electron chi connectivity index (χ0n) is 18.9. The highest BCUT2D eigenvalue weighted by atomic mass is 35.5. The first-order chi connectivity index (χ1) is 15.9. The standard InChI is InChI=1S/C25H27ClN4O2S/c1-16-21(17(2)29-25(28-16)33-3)13-14-22(31)30-23(19-7-5-4-6-8-19)24(32)27-15-18-9-11-20(26)12-10-18/h4-12,23H,13-15H2,1-3H3,(H,27,32)(H,30,31)/t23-/m0/s1. The fourth-order valence-electron chi connectivity index (χ4n) is 3.47. The molecule has 2 amide bonds. The topological polar surface area (TPSA) is 84.0 Å². The van der Waals surface area contributed by atoms with Crippen LogP contribution in [0.25, 0.3) is 0 Å². The first-order valence-electron chi connectivity index (χ1n) is 10.6. The molecule has 0 saturated heterocycles. The molecule has 33 heavy (non-hydrogen) atoms. The third kappa shape index (κ3) is 7.04. The Morgan fingerprint density at radius 1 is 1.00 bits per heavy atom. The molecular formula is C25H27ClN4O2S. The number of rotatable bonds is 9. The van der Waals surface area contributed by atoms with Crippen LogP contribution in [0.15, 0.2) is 59.8 Å². The zero-order chi connectivity index (χ0) is 23.8. The van der Waals surface area contributed by atoms with Crippen LogP contribution in [-0.2, 0) is 22.6 Å². The lowest BCUT2D eigenvalue weighted by atomic mass is 10.0. The van der Waals surface area contributed by atoms with Crippen LogP contribution in [0.1, 0.15) is 40.5 Å². The normalized spacial score (nSPS) is 11.6. The van der Waals surface area contributed by atoms with Gasteiger partial charge in [-0.3, -0.25) is 9.59 Å². The monoisotopic (exact) mass is 482 g/mol. The molecule has 2 aromatic carbocycles. The first-order valence-corrected chi connectivity index (χ1v) is 12.2. The fraction of sp³-hybridized carbons (Fsp3) is 0.280. The Bertz CT molecular complexity index is 1080. The number of thioether (sulfide) groups is 1. The third-order valence-corrected chi connectivity index (χ3v) is 6.06. The molecule has 1 aromatic heterocycles. The number of benzene rings is 2. The number of hydrogen-bond acceptors (Lipinski definition) is 5. The van der Waals surface area contributed by atoms with E-state index in [4.69, 9.17) is 11.6 Å². The summed E-state index contributed by atoms with van der Waals surface area (Å²) >= 11 is 7.42. The van der Waals surface area contributed by atoms with Crippen molar-refractivity contribution in [3.8, 4) is 0 Å². The molecular weight excluding hydrogens is 456 g/mol. The molecule has 172 valence electrons. The summed E-state index contributed by atoms with van der Waals surface area (Å²) in [5.41, 5.74) is 4.36. The number of aromatic nitrogens is 2. The van der Waals surface area contributed by atoms with Crippen LogP contribution < -0.4 is 10.6 Å². The molecule has 1 atom stereocenters. The van der Waals surface area contributed by atoms with Crippen molar-refractivity contribution >= 4 is 35.2 Å². The Morgan fingerprint density at radius 3 is 2.24 bits per heavy atom. The molecule has 0 aliphatic rings. The molecule has 6 nitrogen and oxygen atoms in total. The van der Waals surface area contributed by atoms with E-state index in [-0.39, 0.29) is 18.2 Å². The van der Waals surface area contributed by atoms with E-state index >= 15 is 0 Å². The Balaban J connectivity index is 1.67. The van der Waals surface area contributed by atoms with Crippen molar-refractivity contribution in [1.82, 2.24) is 20.6 Å². The molecule has 0 bridgehead atoms. The summed E-state index contributed by atoms with van der Waals surface area (Å²) in [5.74, 6) is -0.484. The summed E-state index contributed by atoms with van der Waals surface area (Å²) in [4.78, 5) is 34.8. The molecule has 0 spiro atoms. The van der Waals surface area contributed by atoms with Gasteiger partial charge in [0.2, 0.25) is 11.8 Å². The van der Waals surface area contributed by atoms with Crippen LogP contribution in [0, 0.1) is 13.8 Å². The van der Waals surface area contributed by atoms with E-state index in [1.165, 1.54) is 11.8 Å². The van der Waals surface area contributed by atoms with Gasteiger partial charge in [-0.25, -0.2) is 9.97 Å². The molecule has 1 heterocycles. The van der Waals surface area contributed by atoms with Gasteiger partial charge in [0.1, 0.15) is 6.04 Å². The molecule has 8 heteroatoms. The number of aryl methyl sites for hydroxylation is 2. The smallest absolute Gasteiger partial charge is 0.247 e. The highest BCUT2D eigenvalue weighted by Crippen LogP contribution is 2.18. The van der Waals surface area contributed by atoms with Crippen molar-refractivity contribution in [2.75, 3.05) is 6.26 Å². The highest BCUT2D eigenvalue weighted by Gasteiger charge is 2.23. The van der Waals surface area contributed by atoms with E-state index in [0.29, 0.717) is 18.0 Å². The van der Waals surface area contributed by atoms with Crippen molar-refractivity contribution in [3.63, 3.8) is 0 Å². The minimum absolute atomic E-state index is 0.210. The lowest BCUT2D eigenvalue weighted by Crippen LogP contribution is -2.40. The van der Waals surface area contributed by atoms with Gasteiger partial charge in [-0.1, -0.05) is 65.8 Å². The predicted molar refractivity (Wildman–Crippen MR) is 132 cm³/mol. The number of amides is 2. The molecule has 3 aromatic rings. The molecule has 0 unspecified atom stereocenters. The van der Waals surface area contributed by atoms with Gasteiger partial charge in [-0.15, -0.1) is 0 Å². The van der Waals surface area contributed by atoms with E-state index in [1.807, 2.05) is 62.6 Å². The van der Waals surface area contributed by atoms with Gasteiger partial charge in [0.15, 0.2) is 5.16 Å². The van der Waals surface area contributed by atoms with Crippen molar-refractivity contribution in [1.29, 1.82) is 0 Å². The maximum absolute atomic E-state index is 13.0. The summed E-state index contributed by atoms with van der Waals surface area (Å²) in [5, 5.41) is 7.16. The van der Waals surface area contributed by atoms with Crippen LogP contribution in [0.4, 0.5) is 0 Å². The summed E-state index contributed by atoms with van der Waals surface area (Å²) in [6, 6.07) is 15.7. The van der Waals surface area contributed by atoms with Gasteiger partial charge < -0.3 is 10.6 Å². The zero-order valence-corrected chi connectivity index (χ0v) is 20.5. The Hall–Kier alpha value is -2.90. The molecule has 0 aliphatic carbocycles. The minimum Gasteiger partial charge on any atom is -0.350 e. The van der Waals surface area contributed by atoms with Crippen LogP contribution >= 0.6 is 23.4 Å². The summed E-state index contributed by atoms with van der Waals surface area (Å²) < 4.78 is 0. The third-order valence-electron chi connectivity index (χ3n) is 5.27. The van der Waals surface area contributed by atoms with Gasteiger partial charge in [0.25, 0.3) is 0 Å². The van der Waals surface area contributed by atoms with Crippen LogP contribution in [0.5, 0.6) is 0 Å². The number of nitrogens with zero attached hydrogens (tertiary/aromatic N) is 2. The van der Waals surface area contributed by atoms with E-state index in [0.717, 1.165) is 33.2 Å². The second-order valence-electron chi connectivity index (χ2n) is 7.62. The van der Waals surface area contributed by atoms with Crippen LogP contribution in [-0.4, -0.2) is 28.0 Å². The van der Waals surface area contributed by atoms with Crippen molar-refractivity contribution < 1.29 is 9.59 Å². The van der Waals surface area contributed by atoms with E-state index in [2.05, 4.69) is 20.6 Å². The number of carbonyl (C=O) groups is 2. The lowest BCUT2D eigenvalue weighted by Gasteiger charge is -2.19. The van der Waals surface area contributed by atoms with Crippen LogP contribution in [0.3, 0.4) is 0 Å². The van der Waals surface area contributed by atoms with E-state index in [9.17, 15) is 9.59 Å². The number of halogens is 1. The van der Waals surface area contributed by atoms with Gasteiger partial charge >= 0.3 is 0 Å². The maximum atomic E-state index is 13.0. The van der Waals surface area contributed by atoms with Crippen molar-refractivity contribution in [3.05, 3.63) is 87.7 Å². The maximum Gasteiger partial charge on any atom is 0.247 e. The molecule has 0 fully saturated rings. The number of hydrogen-bond donors (Lipinski definition) is 2. The Labute approximate surface area is 203 Å². The Morgan fingerprint density at radius 2 is 1.64 bits per heavy atom. The van der Waals surface area contributed by atoms with E-state index < -0.39 is 6.04 Å². The Kier molecular flexibility index (Phi) is 8.86. The second-order valence-corrected chi connectivity index (χ2v) is 8.82. The van der Waals surface area contributed by atoms with E-state index in [1.54, 1.807) is 12.1 Å². The SMILES string of the molecule is CSc1nc(C)c(CCC(=O)N[C@H](C(=O)NCc2ccc(Cl)cc2)c2ccccc2)c(C)n1. The molecule has 2 N–H and O–H groups in total. The molecule has 0 radical (unpaired) electrons. The highest BCUT2D eigenvalue weighted by molar-refractivity contribution is 7.98. The largest absolute Gasteiger partial charge is 0.350 e. The quantitative estimate of drug-likeness (QED) is 0.344. The van der Waals surface area contributed by atoms with Gasteiger partial charge in [-0.05, 0) is 55.3 Å². The average molecular weight is 483 g/mol. The molecule has 0 saturated carbocycles. The summed E-state index contributed by atoms with van der Waals surface area (Å²) in [7, 11) is 0. The molecule has 3 rings (SSSR count). The van der Waals surface area contributed by atoms with Crippen molar-refractivity contribution in [2.24, 2.45) is 0 Å². The van der Waals surface area contributed by atoms with Crippen molar-refractivity contribution in [2.45, 2.75) is 44.4 Å². The number of carbonyl (C=O) groups excluding carboxylic acids is 2. The molecule has 0 aliphatic heterocycles.